The van der Waals surface area contributed by atoms with Crippen LogP contribution >= 0.6 is 11.8 Å². The molecular weight excluding hydrogens is 218 g/mol. The van der Waals surface area contributed by atoms with Crippen molar-refractivity contribution in [2.75, 3.05) is 6.54 Å². The monoisotopic (exact) mass is 237 g/mol. The molecule has 1 rings (SSSR count). The van der Waals surface area contributed by atoms with Gasteiger partial charge in [-0.2, -0.15) is 0 Å². The van der Waals surface area contributed by atoms with Crippen LogP contribution in [0.5, 0.6) is 0 Å². The zero-order chi connectivity index (χ0) is 12.0. The van der Waals surface area contributed by atoms with Crippen LogP contribution in [0, 0.1) is 5.92 Å². The number of hydrogen-bond acceptors (Lipinski definition) is 2. The van der Waals surface area contributed by atoms with Crippen molar-refractivity contribution in [3.8, 4) is 0 Å². The van der Waals surface area contributed by atoms with E-state index in [9.17, 15) is 4.79 Å². The summed E-state index contributed by atoms with van der Waals surface area (Å²) >= 11 is 1.59. The van der Waals surface area contributed by atoms with E-state index in [1.165, 1.54) is 0 Å². The highest BCUT2D eigenvalue weighted by Gasteiger charge is 2.13. The van der Waals surface area contributed by atoms with Gasteiger partial charge in [0.05, 0.1) is 5.25 Å². The maximum absolute atomic E-state index is 11.7. The Morgan fingerprint density at radius 3 is 2.44 bits per heavy atom. The number of amides is 1. The largest absolute Gasteiger partial charge is 0.355 e. The normalized spacial score (nSPS) is 12.5. The molecule has 88 valence electrons. The molecule has 3 heteroatoms. The topological polar surface area (TPSA) is 29.1 Å². The van der Waals surface area contributed by atoms with Crippen molar-refractivity contribution in [3.05, 3.63) is 30.3 Å². The molecule has 0 bridgehead atoms. The molecule has 0 fully saturated rings. The van der Waals surface area contributed by atoms with E-state index in [2.05, 4.69) is 19.2 Å². The fraction of sp³-hybridized carbons (Fsp3) is 0.462. The summed E-state index contributed by atoms with van der Waals surface area (Å²) in [5, 5.41) is 2.90. The van der Waals surface area contributed by atoms with Crippen molar-refractivity contribution in [1.29, 1.82) is 0 Å². The summed E-state index contributed by atoms with van der Waals surface area (Å²) in [5.41, 5.74) is 0. The average Bonchev–Trinajstić information content (AvgIpc) is 2.27. The number of rotatable bonds is 5. The van der Waals surface area contributed by atoms with Crippen LogP contribution in [-0.2, 0) is 4.79 Å². The molecule has 16 heavy (non-hydrogen) atoms. The molecule has 0 spiro atoms. The second kappa shape index (κ2) is 6.59. The second-order valence-corrected chi connectivity index (χ2v) is 5.63. The average molecular weight is 237 g/mol. The maximum Gasteiger partial charge on any atom is 0.233 e. The van der Waals surface area contributed by atoms with E-state index in [0.717, 1.165) is 11.4 Å². The SMILES string of the molecule is CC(C)CNC(=O)C(C)Sc1ccccc1. The minimum atomic E-state index is -0.0406. The van der Waals surface area contributed by atoms with Crippen molar-refractivity contribution in [2.24, 2.45) is 5.92 Å². The van der Waals surface area contributed by atoms with Crippen molar-refractivity contribution in [3.63, 3.8) is 0 Å². The lowest BCUT2D eigenvalue weighted by Crippen LogP contribution is -2.33. The summed E-state index contributed by atoms with van der Waals surface area (Å²) in [6.45, 7) is 6.87. The fourth-order valence-corrected chi connectivity index (χ4v) is 2.12. The Morgan fingerprint density at radius 1 is 1.25 bits per heavy atom. The Morgan fingerprint density at radius 2 is 1.88 bits per heavy atom. The first kappa shape index (κ1) is 13.1. The molecule has 0 aliphatic heterocycles. The van der Waals surface area contributed by atoms with E-state index in [1.54, 1.807) is 11.8 Å². The smallest absolute Gasteiger partial charge is 0.233 e. The first-order chi connectivity index (χ1) is 7.59. The summed E-state index contributed by atoms with van der Waals surface area (Å²) in [6, 6.07) is 10.0. The zero-order valence-corrected chi connectivity index (χ0v) is 10.9. The second-order valence-electron chi connectivity index (χ2n) is 4.21. The summed E-state index contributed by atoms with van der Waals surface area (Å²) in [6.07, 6.45) is 0. The molecule has 0 radical (unpaired) electrons. The van der Waals surface area contributed by atoms with Gasteiger partial charge in [-0.15, -0.1) is 11.8 Å². The van der Waals surface area contributed by atoms with Gasteiger partial charge < -0.3 is 5.32 Å². The van der Waals surface area contributed by atoms with Crippen molar-refractivity contribution in [2.45, 2.75) is 30.9 Å². The number of hydrogen-bond donors (Lipinski definition) is 1. The van der Waals surface area contributed by atoms with E-state index in [-0.39, 0.29) is 11.2 Å². The lowest BCUT2D eigenvalue weighted by atomic mass is 10.2. The van der Waals surface area contributed by atoms with Gasteiger partial charge in [0.1, 0.15) is 0 Å². The predicted molar refractivity (Wildman–Crippen MR) is 69.6 cm³/mol. The van der Waals surface area contributed by atoms with Gasteiger partial charge in [0.25, 0.3) is 0 Å². The molecule has 1 atom stereocenters. The van der Waals surface area contributed by atoms with Gasteiger partial charge in [-0.25, -0.2) is 0 Å². The van der Waals surface area contributed by atoms with Crippen LogP contribution in [0.25, 0.3) is 0 Å². The molecule has 1 aromatic rings. The minimum Gasteiger partial charge on any atom is -0.355 e. The standard InChI is InChI=1S/C13H19NOS/c1-10(2)9-14-13(15)11(3)16-12-7-5-4-6-8-12/h4-8,10-11H,9H2,1-3H3,(H,14,15). The summed E-state index contributed by atoms with van der Waals surface area (Å²) in [7, 11) is 0. The summed E-state index contributed by atoms with van der Waals surface area (Å²) in [4.78, 5) is 12.9. The van der Waals surface area contributed by atoms with E-state index >= 15 is 0 Å². The van der Waals surface area contributed by atoms with Crippen LogP contribution in [0.15, 0.2) is 35.2 Å². The van der Waals surface area contributed by atoms with Gasteiger partial charge in [-0.05, 0) is 25.0 Å². The van der Waals surface area contributed by atoms with Crippen molar-refractivity contribution >= 4 is 17.7 Å². The molecule has 0 aliphatic rings. The molecule has 0 saturated heterocycles. The van der Waals surface area contributed by atoms with Crippen LogP contribution in [0.2, 0.25) is 0 Å². The lowest BCUT2D eigenvalue weighted by molar-refractivity contribution is -0.120. The fourth-order valence-electron chi connectivity index (χ4n) is 1.21. The van der Waals surface area contributed by atoms with Gasteiger partial charge in [0.15, 0.2) is 0 Å². The zero-order valence-electron chi connectivity index (χ0n) is 10.1. The van der Waals surface area contributed by atoms with Crippen LogP contribution in [0.1, 0.15) is 20.8 Å². The van der Waals surface area contributed by atoms with Gasteiger partial charge in [-0.1, -0.05) is 32.0 Å². The lowest BCUT2D eigenvalue weighted by Gasteiger charge is -2.13. The van der Waals surface area contributed by atoms with Gasteiger partial charge in [-0.3, -0.25) is 4.79 Å². The number of thioether (sulfide) groups is 1. The number of benzene rings is 1. The molecule has 0 aromatic heterocycles. The molecule has 0 heterocycles. The molecule has 0 aliphatic carbocycles. The van der Waals surface area contributed by atoms with E-state index in [4.69, 9.17) is 0 Å². The van der Waals surface area contributed by atoms with E-state index in [1.807, 2.05) is 37.3 Å². The Balaban J connectivity index is 2.40. The molecule has 2 nitrogen and oxygen atoms in total. The third kappa shape index (κ3) is 4.71. The summed E-state index contributed by atoms with van der Waals surface area (Å²) < 4.78 is 0. The molecule has 1 unspecified atom stereocenters. The maximum atomic E-state index is 11.7. The highest BCUT2D eigenvalue weighted by atomic mass is 32.2. The molecule has 0 saturated carbocycles. The van der Waals surface area contributed by atoms with Crippen molar-refractivity contribution in [1.82, 2.24) is 5.32 Å². The minimum absolute atomic E-state index is 0.0406. The molecule has 1 amide bonds. The number of nitrogens with one attached hydrogen (secondary N) is 1. The Kier molecular flexibility index (Phi) is 5.39. The highest BCUT2D eigenvalue weighted by Crippen LogP contribution is 2.22. The number of carbonyl (C=O) groups is 1. The Labute approximate surface area is 102 Å². The van der Waals surface area contributed by atoms with Crippen molar-refractivity contribution < 1.29 is 4.79 Å². The molecular formula is C13H19NOS. The summed E-state index contributed by atoms with van der Waals surface area (Å²) in [5.74, 6) is 0.612. The van der Waals surface area contributed by atoms with E-state index < -0.39 is 0 Å². The molecule has 1 aromatic carbocycles. The Bertz CT molecular complexity index is 324. The van der Waals surface area contributed by atoms with E-state index in [0.29, 0.717) is 5.92 Å². The quantitative estimate of drug-likeness (QED) is 0.798. The van der Waals surface area contributed by atoms with Gasteiger partial charge >= 0.3 is 0 Å². The predicted octanol–water partition coefficient (Wildman–Crippen LogP) is 2.94. The first-order valence-corrected chi connectivity index (χ1v) is 6.47. The third-order valence-corrected chi connectivity index (χ3v) is 3.22. The van der Waals surface area contributed by atoms with Crippen LogP contribution in [0.4, 0.5) is 0 Å². The Hall–Kier alpha value is -0.960. The van der Waals surface area contributed by atoms with Crippen LogP contribution in [-0.4, -0.2) is 17.7 Å². The van der Waals surface area contributed by atoms with Crippen LogP contribution < -0.4 is 5.32 Å². The molecule has 1 N–H and O–H groups in total. The third-order valence-electron chi connectivity index (χ3n) is 2.11. The van der Waals surface area contributed by atoms with Gasteiger partial charge in [0.2, 0.25) is 5.91 Å². The number of carbonyl (C=O) groups excluding carboxylic acids is 1. The highest BCUT2D eigenvalue weighted by molar-refractivity contribution is 8.00. The first-order valence-electron chi connectivity index (χ1n) is 5.59. The van der Waals surface area contributed by atoms with Crippen LogP contribution in [0.3, 0.4) is 0 Å². The van der Waals surface area contributed by atoms with Gasteiger partial charge in [0, 0.05) is 11.4 Å².